The highest BCUT2D eigenvalue weighted by molar-refractivity contribution is 5.79. The van der Waals surface area contributed by atoms with Crippen LogP contribution in [-0.4, -0.2) is 57.2 Å². The summed E-state index contributed by atoms with van der Waals surface area (Å²) in [5.41, 5.74) is 1.20. The predicted octanol–water partition coefficient (Wildman–Crippen LogP) is 1.54. The molecule has 0 spiro atoms. The Bertz CT molecular complexity index is 752. The molecule has 26 heavy (non-hydrogen) atoms. The highest BCUT2D eigenvalue weighted by Crippen LogP contribution is 2.21. The number of ether oxygens (including phenoxy) is 1. The van der Waals surface area contributed by atoms with Gasteiger partial charge in [-0.05, 0) is 30.5 Å². The summed E-state index contributed by atoms with van der Waals surface area (Å²) >= 11 is 0. The maximum absolute atomic E-state index is 13.0. The molecule has 2 aromatic rings. The van der Waals surface area contributed by atoms with E-state index in [1.165, 1.54) is 5.56 Å². The minimum absolute atomic E-state index is 0.0747. The van der Waals surface area contributed by atoms with E-state index in [0.29, 0.717) is 13.1 Å². The van der Waals surface area contributed by atoms with Crippen LogP contribution in [0.25, 0.3) is 0 Å². The molecule has 1 atom stereocenters. The van der Waals surface area contributed by atoms with Crippen LogP contribution < -0.4 is 4.74 Å². The Hall–Kier alpha value is -2.41. The van der Waals surface area contributed by atoms with Gasteiger partial charge in [-0.15, -0.1) is 0 Å². The average molecular weight is 355 g/mol. The fourth-order valence-electron chi connectivity index (χ4n) is 3.87. The van der Waals surface area contributed by atoms with Gasteiger partial charge in [-0.2, -0.15) is 5.10 Å². The van der Waals surface area contributed by atoms with Gasteiger partial charge >= 0.3 is 0 Å². The fourth-order valence-corrected chi connectivity index (χ4v) is 3.87. The molecule has 1 aromatic carbocycles. The van der Waals surface area contributed by atoms with Crippen molar-refractivity contribution in [3.05, 3.63) is 42.0 Å². The summed E-state index contributed by atoms with van der Waals surface area (Å²) in [6.45, 7) is 4.60. The van der Waals surface area contributed by atoms with E-state index < -0.39 is 0 Å². The third kappa shape index (κ3) is 3.58. The number of carbonyl (C=O) groups is 1. The molecule has 1 saturated heterocycles. The number of benzene rings is 1. The first-order valence-corrected chi connectivity index (χ1v) is 9.23. The van der Waals surface area contributed by atoms with Crippen molar-refractivity contribution in [1.82, 2.24) is 24.6 Å². The van der Waals surface area contributed by atoms with Crippen molar-refractivity contribution in [3.63, 3.8) is 0 Å². The molecule has 4 rings (SSSR count). The molecule has 7 heteroatoms. The molecule has 0 saturated carbocycles. The Morgan fingerprint density at radius 3 is 2.69 bits per heavy atom. The SMILES string of the molecule is COc1ccc(CN2Cc3ncnn3C[C@@H](C(=O)N3CCCC3)C2)cc1. The Morgan fingerprint density at radius 2 is 1.96 bits per heavy atom. The molecule has 2 aliphatic rings. The Kier molecular flexibility index (Phi) is 4.88. The summed E-state index contributed by atoms with van der Waals surface area (Å²) in [7, 11) is 1.67. The summed E-state index contributed by atoms with van der Waals surface area (Å²) in [4.78, 5) is 21.7. The quantitative estimate of drug-likeness (QED) is 0.832. The minimum Gasteiger partial charge on any atom is -0.497 e. The number of hydrogen-bond acceptors (Lipinski definition) is 5. The van der Waals surface area contributed by atoms with Gasteiger partial charge in [-0.3, -0.25) is 9.69 Å². The van der Waals surface area contributed by atoms with Crippen molar-refractivity contribution < 1.29 is 9.53 Å². The number of rotatable bonds is 4. The summed E-state index contributed by atoms with van der Waals surface area (Å²) in [6, 6.07) is 8.10. The van der Waals surface area contributed by atoms with Crippen LogP contribution in [0.15, 0.2) is 30.6 Å². The van der Waals surface area contributed by atoms with Crippen molar-refractivity contribution in [2.45, 2.75) is 32.5 Å². The molecule has 0 unspecified atom stereocenters. The lowest BCUT2D eigenvalue weighted by atomic mass is 10.1. The topological polar surface area (TPSA) is 63.5 Å². The fraction of sp³-hybridized carbons (Fsp3) is 0.526. The molecule has 1 fully saturated rings. The minimum atomic E-state index is -0.0747. The summed E-state index contributed by atoms with van der Waals surface area (Å²) in [6.07, 6.45) is 3.81. The number of methoxy groups -OCH3 is 1. The van der Waals surface area contributed by atoms with Gasteiger partial charge in [0.1, 0.15) is 17.9 Å². The second-order valence-corrected chi connectivity index (χ2v) is 7.11. The molecule has 0 bridgehead atoms. The van der Waals surface area contributed by atoms with Crippen molar-refractivity contribution in [2.75, 3.05) is 26.7 Å². The summed E-state index contributed by atoms with van der Waals surface area (Å²) in [5.74, 6) is 1.96. The molecule has 1 amide bonds. The van der Waals surface area contributed by atoms with Gasteiger partial charge in [0, 0.05) is 26.2 Å². The van der Waals surface area contributed by atoms with E-state index in [2.05, 4.69) is 27.1 Å². The third-order valence-corrected chi connectivity index (χ3v) is 5.26. The Morgan fingerprint density at radius 1 is 1.19 bits per heavy atom. The van der Waals surface area contributed by atoms with Crippen molar-refractivity contribution in [3.8, 4) is 5.75 Å². The van der Waals surface area contributed by atoms with Crippen LogP contribution in [-0.2, 0) is 24.4 Å². The maximum Gasteiger partial charge on any atom is 0.228 e. The predicted molar refractivity (Wildman–Crippen MR) is 96.4 cm³/mol. The number of aromatic nitrogens is 3. The lowest BCUT2D eigenvalue weighted by Crippen LogP contribution is -2.40. The van der Waals surface area contributed by atoms with Gasteiger partial charge in [0.2, 0.25) is 5.91 Å². The molecule has 3 heterocycles. The summed E-state index contributed by atoms with van der Waals surface area (Å²) in [5, 5.41) is 4.33. The molecule has 1 aromatic heterocycles. The van der Waals surface area contributed by atoms with Gasteiger partial charge in [-0.1, -0.05) is 12.1 Å². The van der Waals surface area contributed by atoms with Gasteiger partial charge < -0.3 is 9.64 Å². The molecule has 7 nitrogen and oxygen atoms in total. The van der Waals surface area contributed by atoms with Crippen molar-refractivity contribution in [2.24, 2.45) is 5.92 Å². The van der Waals surface area contributed by atoms with Crippen molar-refractivity contribution in [1.29, 1.82) is 0 Å². The van der Waals surface area contributed by atoms with Gasteiger partial charge in [0.25, 0.3) is 0 Å². The first kappa shape index (κ1) is 17.0. The molecular weight excluding hydrogens is 330 g/mol. The number of nitrogens with zero attached hydrogens (tertiary/aromatic N) is 5. The second kappa shape index (κ2) is 7.45. The van der Waals surface area contributed by atoms with E-state index >= 15 is 0 Å². The lowest BCUT2D eigenvalue weighted by Gasteiger charge is -2.26. The molecule has 138 valence electrons. The monoisotopic (exact) mass is 355 g/mol. The van der Waals surface area contributed by atoms with E-state index in [9.17, 15) is 4.79 Å². The highest BCUT2D eigenvalue weighted by Gasteiger charge is 2.32. The number of likely N-dealkylation sites (tertiary alicyclic amines) is 1. The van der Waals surface area contributed by atoms with Crippen LogP contribution in [0, 0.1) is 5.92 Å². The zero-order valence-corrected chi connectivity index (χ0v) is 15.2. The zero-order valence-electron chi connectivity index (χ0n) is 15.2. The zero-order chi connectivity index (χ0) is 17.9. The number of amides is 1. The first-order chi connectivity index (χ1) is 12.7. The van der Waals surface area contributed by atoms with Crippen molar-refractivity contribution >= 4 is 5.91 Å². The van der Waals surface area contributed by atoms with E-state index in [4.69, 9.17) is 4.74 Å². The number of fused-ring (bicyclic) bond motifs is 1. The second-order valence-electron chi connectivity index (χ2n) is 7.11. The molecule has 0 N–H and O–H groups in total. The van der Waals surface area contributed by atoms with Crippen LogP contribution in [0.2, 0.25) is 0 Å². The standard InChI is InChI=1S/C19H25N5O2/c1-26-17-6-4-15(5-7-17)10-22-11-16(19(25)23-8-2-3-9-23)12-24-18(13-22)20-14-21-24/h4-7,14,16H,2-3,8-13H2,1H3/t16-/m0/s1. The normalized spacial score (nSPS) is 20.7. The number of hydrogen-bond donors (Lipinski definition) is 0. The average Bonchev–Trinajstić information content (AvgIpc) is 3.31. The van der Waals surface area contributed by atoms with E-state index in [0.717, 1.165) is 50.6 Å². The van der Waals surface area contributed by atoms with E-state index in [1.54, 1.807) is 13.4 Å². The van der Waals surface area contributed by atoms with Crippen LogP contribution in [0.3, 0.4) is 0 Å². The van der Waals surface area contributed by atoms with E-state index in [1.807, 2.05) is 21.7 Å². The lowest BCUT2D eigenvalue weighted by molar-refractivity contribution is -0.135. The third-order valence-electron chi connectivity index (χ3n) is 5.26. The molecule has 0 aliphatic carbocycles. The van der Waals surface area contributed by atoms with Crippen LogP contribution in [0.5, 0.6) is 5.75 Å². The van der Waals surface area contributed by atoms with Gasteiger partial charge in [0.05, 0.1) is 26.1 Å². The Balaban J connectivity index is 1.52. The summed E-state index contributed by atoms with van der Waals surface area (Å²) < 4.78 is 7.13. The molecular formula is C19H25N5O2. The smallest absolute Gasteiger partial charge is 0.228 e. The number of carbonyl (C=O) groups excluding carboxylic acids is 1. The first-order valence-electron chi connectivity index (χ1n) is 9.23. The maximum atomic E-state index is 13.0. The van der Waals surface area contributed by atoms with Crippen LogP contribution >= 0.6 is 0 Å². The largest absolute Gasteiger partial charge is 0.497 e. The van der Waals surface area contributed by atoms with Gasteiger partial charge in [0.15, 0.2) is 0 Å². The van der Waals surface area contributed by atoms with Gasteiger partial charge in [-0.25, -0.2) is 9.67 Å². The Labute approximate surface area is 153 Å². The van der Waals surface area contributed by atoms with Crippen LogP contribution in [0.4, 0.5) is 0 Å². The van der Waals surface area contributed by atoms with Crippen LogP contribution in [0.1, 0.15) is 24.2 Å². The highest BCUT2D eigenvalue weighted by atomic mass is 16.5. The molecule has 0 radical (unpaired) electrons. The van der Waals surface area contributed by atoms with E-state index in [-0.39, 0.29) is 11.8 Å². The molecule has 2 aliphatic heterocycles.